The summed E-state index contributed by atoms with van der Waals surface area (Å²) in [6.45, 7) is 7.80. The van der Waals surface area contributed by atoms with Crippen molar-refractivity contribution in [3.8, 4) is 5.75 Å². The maximum absolute atomic E-state index is 12.8. The number of unbranched alkanes of at least 4 members (excludes halogenated alkanes) is 1. The summed E-state index contributed by atoms with van der Waals surface area (Å²) in [5, 5.41) is 5.39. The molecule has 27 heavy (non-hydrogen) atoms. The number of primary amides is 1. The molecule has 2 rings (SSSR count). The number of hydrogen-bond donors (Lipinski definition) is 1. The summed E-state index contributed by atoms with van der Waals surface area (Å²) in [7, 11) is 1.59. The fraction of sp³-hybridized carbons (Fsp3) is 0.571. The Morgan fingerprint density at radius 1 is 1.22 bits per heavy atom. The van der Waals surface area contributed by atoms with E-state index < -0.39 is 11.4 Å². The molecule has 0 aliphatic rings. The van der Waals surface area contributed by atoms with Gasteiger partial charge in [-0.3, -0.25) is 9.59 Å². The molecule has 1 aromatic heterocycles. The highest BCUT2D eigenvalue weighted by atomic mass is 16.5. The molecule has 0 fully saturated rings. The largest absolute Gasteiger partial charge is 0.497 e. The zero-order chi connectivity index (χ0) is 20.2. The van der Waals surface area contributed by atoms with Crippen LogP contribution in [0.3, 0.4) is 0 Å². The van der Waals surface area contributed by atoms with Crippen LogP contribution in [0.4, 0.5) is 0 Å². The van der Waals surface area contributed by atoms with Crippen molar-refractivity contribution >= 4 is 22.6 Å². The lowest BCUT2D eigenvalue weighted by Gasteiger charge is -2.31. The normalized spacial score (nSPS) is 13.7. The molecule has 1 aromatic carbocycles. The fourth-order valence-electron chi connectivity index (χ4n) is 3.57. The lowest BCUT2D eigenvalue weighted by Crippen LogP contribution is -2.47. The molecule has 2 aromatic rings. The van der Waals surface area contributed by atoms with Crippen molar-refractivity contribution in [1.29, 1.82) is 0 Å². The monoisotopic (exact) mass is 373 g/mol. The molecular formula is C21H31N3O3. The standard InChI is InChI=1S/C21H31N3O3/c1-6-8-12-21(11-7-2,20(22)26)24-17-13-15(27-5)9-10-16(17)18(23-24)19(25)14(3)4/h9-10,13-14H,6-8,11-12H2,1-5H3,(H2,22,26). The van der Waals surface area contributed by atoms with Gasteiger partial charge in [0, 0.05) is 17.4 Å². The molecule has 6 heteroatoms. The third-order valence-corrected chi connectivity index (χ3v) is 5.12. The van der Waals surface area contributed by atoms with Crippen LogP contribution in [0.25, 0.3) is 10.9 Å². The quantitative estimate of drug-likeness (QED) is 0.636. The molecule has 0 aliphatic carbocycles. The molecular weight excluding hydrogens is 342 g/mol. The number of fused-ring (bicyclic) bond motifs is 1. The van der Waals surface area contributed by atoms with E-state index in [-0.39, 0.29) is 11.7 Å². The van der Waals surface area contributed by atoms with Crippen LogP contribution in [-0.4, -0.2) is 28.6 Å². The van der Waals surface area contributed by atoms with Gasteiger partial charge in [-0.05, 0) is 25.0 Å². The van der Waals surface area contributed by atoms with Crippen LogP contribution >= 0.6 is 0 Å². The molecule has 0 saturated carbocycles. The van der Waals surface area contributed by atoms with Crippen molar-refractivity contribution < 1.29 is 14.3 Å². The minimum atomic E-state index is -0.953. The minimum absolute atomic E-state index is 0.0470. The third-order valence-electron chi connectivity index (χ3n) is 5.12. The molecule has 1 heterocycles. The number of nitrogens with zero attached hydrogens (tertiary/aromatic N) is 2. The molecule has 0 saturated heterocycles. The lowest BCUT2D eigenvalue weighted by molar-refractivity contribution is -0.127. The predicted octanol–water partition coefficient (Wildman–Crippen LogP) is 4.05. The fourth-order valence-corrected chi connectivity index (χ4v) is 3.57. The summed E-state index contributed by atoms with van der Waals surface area (Å²) in [5.41, 5.74) is 6.07. The Hall–Kier alpha value is -2.37. The highest BCUT2D eigenvalue weighted by Crippen LogP contribution is 2.35. The maximum Gasteiger partial charge on any atom is 0.245 e. The second kappa shape index (κ2) is 8.55. The Balaban J connectivity index is 2.83. The zero-order valence-corrected chi connectivity index (χ0v) is 17.0. The molecule has 1 amide bonds. The number of carbonyl (C=O) groups is 2. The van der Waals surface area contributed by atoms with Crippen molar-refractivity contribution in [3.63, 3.8) is 0 Å². The van der Waals surface area contributed by atoms with Crippen molar-refractivity contribution in [3.05, 3.63) is 23.9 Å². The number of benzene rings is 1. The summed E-state index contributed by atoms with van der Waals surface area (Å²) in [4.78, 5) is 25.4. The van der Waals surface area contributed by atoms with E-state index >= 15 is 0 Å². The number of Topliss-reactive ketones (excluding diaryl/α,β-unsaturated/α-hetero) is 1. The van der Waals surface area contributed by atoms with Gasteiger partial charge in [-0.2, -0.15) is 5.10 Å². The molecule has 0 bridgehead atoms. The number of amides is 1. The van der Waals surface area contributed by atoms with Crippen molar-refractivity contribution in [2.24, 2.45) is 11.7 Å². The van der Waals surface area contributed by atoms with Gasteiger partial charge in [0.25, 0.3) is 0 Å². The maximum atomic E-state index is 12.8. The van der Waals surface area contributed by atoms with Crippen LogP contribution in [0.15, 0.2) is 18.2 Å². The van der Waals surface area contributed by atoms with Gasteiger partial charge in [-0.1, -0.05) is 47.0 Å². The number of ketones is 1. The highest BCUT2D eigenvalue weighted by molar-refractivity contribution is 6.07. The average molecular weight is 373 g/mol. The molecule has 148 valence electrons. The van der Waals surface area contributed by atoms with E-state index in [4.69, 9.17) is 10.5 Å². The first-order chi connectivity index (χ1) is 12.8. The number of carbonyl (C=O) groups excluding carboxylic acids is 2. The van der Waals surface area contributed by atoms with Gasteiger partial charge < -0.3 is 10.5 Å². The van der Waals surface area contributed by atoms with E-state index in [1.807, 2.05) is 39.0 Å². The predicted molar refractivity (Wildman–Crippen MR) is 107 cm³/mol. The second-order valence-corrected chi connectivity index (χ2v) is 7.41. The Labute approximate surface area is 161 Å². The van der Waals surface area contributed by atoms with Gasteiger partial charge in [-0.25, -0.2) is 4.68 Å². The second-order valence-electron chi connectivity index (χ2n) is 7.41. The molecule has 0 radical (unpaired) electrons. The number of methoxy groups -OCH3 is 1. The first-order valence-corrected chi connectivity index (χ1v) is 9.73. The molecule has 6 nitrogen and oxygen atoms in total. The molecule has 1 unspecified atom stereocenters. The SMILES string of the molecule is CCCCC(CCC)(C(N)=O)n1nc(C(=O)C(C)C)c2ccc(OC)cc21. The minimum Gasteiger partial charge on any atom is -0.497 e. The van der Waals surface area contributed by atoms with Crippen LogP contribution in [0.2, 0.25) is 0 Å². The Kier molecular flexibility index (Phi) is 6.63. The number of hydrogen-bond acceptors (Lipinski definition) is 4. The van der Waals surface area contributed by atoms with E-state index in [2.05, 4.69) is 12.0 Å². The Morgan fingerprint density at radius 3 is 2.44 bits per heavy atom. The van der Waals surface area contributed by atoms with Crippen LogP contribution < -0.4 is 10.5 Å². The van der Waals surface area contributed by atoms with Gasteiger partial charge in [0.1, 0.15) is 17.0 Å². The zero-order valence-electron chi connectivity index (χ0n) is 17.0. The summed E-state index contributed by atoms with van der Waals surface area (Å²) in [5.74, 6) is 0.00356. The third kappa shape index (κ3) is 3.84. The number of ether oxygens (including phenoxy) is 1. The summed E-state index contributed by atoms with van der Waals surface area (Å²) < 4.78 is 7.06. The molecule has 0 spiro atoms. The van der Waals surface area contributed by atoms with E-state index in [1.54, 1.807) is 11.8 Å². The molecule has 0 aliphatic heterocycles. The summed E-state index contributed by atoms with van der Waals surface area (Å²) >= 11 is 0. The highest BCUT2D eigenvalue weighted by Gasteiger charge is 2.40. The van der Waals surface area contributed by atoms with E-state index in [0.29, 0.717) is 29.8 Å². The van der Waals surface area contributed by atoms with Gasteiger partial charge in [0.2, 0.25) is 5.91 Å². The van der Waals surface area contributed by atoms with Crippen LogP contribution in [0.1, 0.15) is 70.3 Å². The Bertz CT molecular complexity index is 825. The number of nitrogens with two attached hydrogens (primary N) is 1. The molecule has 1 atom stereocenters. The van der Waals surface area contributed by atoms with Crippen molar-refractivity contribution in [1.82, 2.24) is 9.78 Å². The first-order valence-electron chi connectivity index (χ1n) is 9.73. The van der Waals surface area contributed by atoms with E-state index in [1.165, 1.54) is 0 Å². The summed E-state index contributed by atoms with van der Waals surface area (Å²) in [6.07, 6.45) is 3.74. The topological polar surface area (TPSA) is 87.2 Å². The average Bonchev–Trinajstić information content (AvgIpc) is 3.03. The summed E-state index contributed by atoms with van der Waals surface area (Å²) in [6, 6.07) is 5.48. The van der Waals surface area contributed by atoms with Gasteiger partial charge in [0.15, 0.2) is 5.78 Å². The number of aromatic nitrogens is 2. The Morgan fingerprint density at radius 2 is 1.93 bits per heavy atom. The van der Waals surface area contributed by atoms with Gasteiger partial charge in [0.05, 0.1) is 12.6 Å². The number of rotatable bonds is 10. The smallest absolute Gasteiger partial charge is 0.245 e. The van der Waals surface area contributed by atoms with E-state index in [9.17, 15) is 9.59 Å². The van der Waals surface area contributed by atoms with Crippen LogP contribution in [0, 0.1) is 5.92 Å². The van der Waals surface area contributed by atoms with Crippen LogP contribution in [-0.2, 0) is 10.3 Å². The van der Waals surface area contributed by atoms with Crippen molar-refractivity contribution in [2.75, 3.05) is 7.11 Å². The first kappa shape index (κ1) is 20.9. The van der Waals surface area contributed by atoms with Gasteiger partial charge >= 0.3 is 0 Å². The van der Waals surface area contributed by atoms with Crippen molar-refractivity contribution in [2.45, 2.75) is 65.3 Å². The van der Waals surface area contributed by atoms with Crippen LogP contribution in [0.5, 0.6) is 5.75 Å². The van der Waals surface area contributed by atoms with Gasteiger partial charge in [-0.15, -0.1) is 0 Å². The molecule has 2 N–H and O–H groups in total. The van der Waals surface area contributed by atoms with E-state index in [0.717, 1.165) is 24.6 Å². The lowest BCUT2D eigenvalue weighted by atomic mass is 9.87.